The standard InChI is InChI=1S/C20H22N4O3S/c1-14-13-19(23-15(2)22-14)27-17-8-11-24(12-9-17)28(25,26)18-7-3-5-16-6-4-10-21-20(16)18/h3-7,10,13,17H,8-9,11-12H2,1-2H3. The molecule has 0 N–H and O–H groups in total. The first-order valence-corrected chi connectivity index (χ1v) is 10.7. The Labute approximate surface area is 164 Å². The number of sulfonamides is 1. The smallest absolute Gasteiger partial charge is 0.245 e. The lowest BCUT2D eigenvalue weighted by molar-refractivity contribution is 0.129. The van der Waals surface area contributed by atoms with Gasteiger partial charge < -0.3 is 4.74 Å². The first kappa shape index (κ1) is 18.8. The zero-order valence-corrected chi connectivity index (χ0v) is 16.7. The minimum Gasteiger partial charge on any atom is -0.474 e. The first-order valence-electron chi connectivity index (χ1n) is 9.26. The molecule has 28 heavy (non-hydrogen) atoms. The lowest BCUT2D eigenvalue weighted by Crippen LogP contribution is -2.41. The first-order chi connectivity index (χ1) is 13.4. The summed E-state index contributed by atoms with van der Waals surface area (Å²) in [4.78, 5) is 13.1. The van der Waals surface area contributed by atoms with Gasteiger partial charge in [-0.1, -0.05) is 18.2 Å². The van der Waals surface area contributed by atoms with Gasteiger partial charge in [0.15, 0.2) is 0 Å². The molecule has 0 aliphatic carbocycles. The van der Waals surface area contributed by atoms with Crippen LogP contribution in [-0.2, 0) is 10.0 Å². The van der Waals surface area contributed by atoms with Crippen molar-refractivity contribution in [3.8, 4) is 5.88 Å². The van der Waals surface area contributed by atoms with Crippen LogP contribution >= 0.6 is 0 Å². The summed E-state index contributed by atoms with van der Waals surface area (Å²) in [6, 6.07) is 10.7. The van der Waals surface area contributed by atoms with Crippen LogP contribution in [0.4, 0.5) is 0 Å². The van der Waals surface area contributed by atoms with Crippen molar-refractivity contribution in [2.45, 2.75) is 37.7 Å². The summed E-state index contributed by atoms with van der Waals surface area (Å²) >= 11 is 0. The molecule has 0 bridgehead atoms. The Bertz CT molecular complexity index is 1080. The van der Waals surface area contributed by atoms with Crippen LogP contribution in [0.3, 0.4) is 0 Å². The second-order valence-corrected chi connectivity index (χ2v) is 8.85. The number of fused-ring (bicyclic) bond motifs is 1. The number of pyridine rings is 1. The Morgan fingerprint density at radius 3 is 2.57 bits per heavy atom. The quantitative estimate of drug-likeness (QED) is 0.672. The number of para-hydroxylation sites is 1. The highest BCUT2D eigenvalue weighted by molar-refractivity contribution is 7.89. The van der Waals surface area contributed by atoms with Crippen molar-refractivity contribution in [2.75, 3.05) is 13.1 Å². The van der Waals surface area contributed by atoms with E-state index < -0.39 is 10.0 Å². The molecule has 0 atom stereocenters. The van der Waals surface area contributed by atoms with Crippen LogP contribution in [0.15, 0.2) is 47.5 Å². The fourth-order valence-corrected chi connectivity index (χ4v) is 5.16. The summed E-state index contributed by atoms with van der Waals surface area (Å²) in [6.45, 7) is 4.53. The van der Waals surface area contributed by atoms with Gasteiger partial charge in [-0.15, -0.1) is 0 Å². The molecule has 3 aromatic rings. The third-order valence-electron chi connectivity index (χ3n) is 4.84. The molecule has 1 aliphatic rings. The molecule has 0 saturated carbocycles. The average molecular weight is 398 g/mol. The number of hydrogen-bond acceptors (Lipinski definition) is 6. The molecule has 7 nitrogen and oxygen atoms in total. The van der Waals surface area contributed by atoms with E-state index in [4.69, 9.17) is 4.74 Å². The topological polar surface area (TPSA) is 85.3 Å². The van der Waals surface area contributed by atoms with Gasteiger partial charge in [-0.25, -0.2) is 13.4 Å². The average Bonchev–Trinajstić information content (AvgIpc) is 2.67. The maximum Gasteiger partial charge on any atom is 0.245 e. The van der Waals surface area contributed by atoms with Crippen molar-refractivity contribution in [3.05, 3.63) is 54.1 Å². The number of ether oxygens (including phenoxy) is 1. The highest BCUT2D eigenvalue weighted by atomic mass is 32.2. The van der Waals surface area contributed by atoms with Crippen LogP contribution in [0.25, 0.3) is 10.9 Å². The Balaban J connectivity index is 1.49. The third kappa shape index (κ3) is 3.70. The fraction of sp³-hybridized carbons (Fsp3) is 0.350. The van der Waals surface area contributed by atoms with E-state index in [1.807, 2.05) is 26.0 Å². The van der Waals surface area contributed by atoms with Gasteiger partial charge in [0.2, 0.25) is 15.9 Å². The molecule has 3 heterocycles. The van der Waals surface area contributed by atoms with Gasteiger partial charge in [-0.05, 0) is 38.8 Å². The van der Waals surface area contributed by atoms with E-state index in [0.29, 0.717) is 43.2 Å². The van der Waals surface area contributed by atoms with Crippen LogP contribution in [-0.4, -0.2) is 46.9 Å². The molecule has 0 radical (unpaired) electrons. The molecule has 0 spiro atoms. The summed E-state index contributed by atoms with van der Waals surface area (Å²) < 4.78 is 33.8. The van der Waals surface area contributed by atoms with Gasteiger partial charge in [0, 0.05) is 36.4 Å². The zero-order chi connectivity index (χ0) is 19.7. The van der Waals surface area contributed by atoms with Gasteiger partial charge in [-0.2, -0.15) is 9.29 Å². The monoisotopic (exact) mass is 398 g/mol. The van der Waals surface area contributed by atoms with E-state index >= 15 is 0 Å². The summed E-state index contributed by atoms with van der Waals surface area (Å²) in [5.74, 6) is 1.21. The molecule has 146 valence electrons. The zero-order valence-electron chi connectivity index (χ0n) is 15.9. The van der Waals surface area contributed by atoms with E-state index in [1.165, 1.54) is 4.31 Å². The summed E-state index contributed by atoms with van der Waals surface area (Å²) in [7, 11) is -3.61. The number of nitrogens with zero attached hydrogens (tertiary/aromatic N) is 4. The Morgan fingerprint density at radius 1 is 1.07 bits per heavy atom. The fourth-order valence-electron chi connectivity index (χ4n) is 3.53. The van der Waals surface area contributed by atoms with Crippen molar-refractivity contribution >= 4 is 20.9 Å². The molecule has 4 rings (SSSR count). The number of piperidine rings is 1. The molecule has 2 aromatic heterocycles. The van der Waals surface area contributed by atoms with Crippen molar-refractivity contribution in [3.63, 3.8) is 0 Å². The summed E-state index contributed by atoms with van der Waals surface area (Å²) in [5.41, 5.74) is 1.36. The molecular formula is C20H22N4O3S. The number of rotatable bonds is 4. The van der Waals surface area contributed by atoms with E-state index in [-0.39, 0.29) is 11.0 Å². The SMILES string of the molecule is Cc1cc(OC2CCN(S(=O)(=O)c3cccc4cccnc34)CC2)nc(C)n1. The van der Waals surface area contributed by atoms with Crippen molar-refractivity contribution in [1.82, 2.24) is 19.3 Å². The van der Waals surface area contributed by atoms with Gasteiger partial charge >= 0.3 is 0 Å². The number of hydrogen-bond donors (Lipinski definition) is 0. The normalized spacial score (nSPS) is 16.4. The Hall–Kier alpha value is -2.58. The summed E-state index contributed by atoms with van der Waals surface area (Å²) in [5, 5.41) is 0.816. The lowest BCUT2D eigenvalue weighted by Gasteiger charge is -2.31. The van der Waals surface area contributed by atoms with Crippen LogP contribution in [0, 0.1) is 13.8 Å². The maximum absolute atomic E-state index is 13.2. The Kier molecular flexibility index (Phi) is 4.99. The van der Waals surface area contributed by atoms with E-state index in [0.717, 1.165) is 11.1 Å². The molecule has 0 amide bonds. The van der Waals surface area contributed by atoms with Gasteiger partial charge in [0.25, 0.3) is 0 Å². The molecule has 1 fully saturated rings. The minimum absolute atomic E-state index is 0.0641. The van der Waals surface area contributed by atoms with Crippen LogP contribution in [0.5, 0.6) is 5.88 Å². The number of aromatic nitrogens is 3. The van der Waals surface area contributed by atoms with Gasteiger partial charge in [0.1, 0.15) is 16.8 Å². The summed E-state index contributed by atoms with van der Waals surface area (Å²) in [6.07, 6.45) is 2.78. The molecule has 1 aromatic carbocycles. The van der Waals surface area contributed by atoms with E-state index in [9.17, 15) is 8.42 Å². The predicted octanol–water partition coefficient (Wildman–Crippen LogP) is 2.87. The van der Waals surface area contributed by atoms with E-state index in [2.05, 4.69) is 15.0 Å². The molecule has 0 unspecified atom stereocenters. The van der Waals surface area contributed by atoms with Crippen LogP contribution < -0.4 is 4.74 Å². The minimum atomic E-state index is -3.61. The highest BCUT2D eigenvalue weighted by Gasteiger charge is 2.31. The second kappa shape index (κ2) is 7.44. The van der Waals surface area contributed by atoms with Crippen molar-refractivity contribution in [1.29, 1.82) is 0 Å². The number of aryl methyl sites for hydroxylation is 2. The lowest BCUT2D eigenvalue weighted by atomic mass is 10.1. The van der Waals surface area contributed by atoms with Crippen LogP contribution in [0.1, 0.15) is 24.4 Å². The molecule has 8 heteroatoms. The van der Waals surface area contributed by atoms with Crippen molar-refractivity contribution in [2.24, 2.45) is 0 Å². The van der Waals surface area contributed by atoms with E-state index in [1.54, 1.807) is 30.5 Å². The van der Waals surface area contributed by atoms with Crippen LogP contribution in [0.2, 0.25) is 0 Å². The molecule has 1 aliphatic heterocycles. The second-order valence-electron chi connectivity index (χ2n) is 6.95. The van der Waals surface area contributed by atoms with Gasteiger partial charge in [0.05, 0.1) is 5.52 Å². The molecular weight excluding hydrogens is 376 g/mol. The highest BCUT2D eigenvalue weighted by Crippen LogP contribution is 2.27. The number of benzene rings is 1. The Morgan fingerprint density at radius 2 is 1.82 bits per heavy atom. The third-order valence-corrected chi connectivity index (χ3v) is 6.77. The van der Waals surface area contributed by atoms with Gasteiger partial charge in [-0.3, -0.25) is 4.98 Å². The predicted molar refractivity (Wildman–Crippen MR) is 106 cm³/mol. The largest absolute Gasteiger partial charge is 0.474 e. The van der Waals surface area contributed by atoms with Crippen molar-refractivity contribution < 1.29 is 13.2 Å². The maximum atomic E-state index is 13.2. The molecule has 1 saturated heterocycles.